The van der Waals surface area contributed by atoms with E-state index < -0.39 is 6.17 Å². The van der Waals surface area contributed by atoms with Crippen molar-refractivity contribution in [3.63, 3.8) is 0 Å². The van der Waals surface area contributed by atoms with Crippen LogP contribution >= 0.6 is 0 Å². The number of benzene rings is 1. The molecule has 0 saturated heterocycles. The number of nitrogens with one attached hydrogen (secondary N) is 1. The summed E-state index contributed by atoms with van der Waals surface area (Å²) in [6, 6.07) is 5.63. The molecule has 0 bridgehead atoms. The molecule has 1 aromatic rings. The third kappa shape index (κ3) is 2.30. The summed E-state index contributed by atoms with van der Waals surface area (Å²) in [5.41, 5.74) is 1.76. The highest BCUT2D eigenvalue weighted by molar-refractivity contribution is 5.95. The highest BCUT2D eigenvalue weighted by Crippen LogP contribution is 2.34. The Morgan fingerprint density at radius 3 is 2.72 bits per heavy atom. The molecule has 1 aliphatic heterocycles. The second kappa shape index (κ2) is 4.68. The van der Waals surface area contributed by atoms with Gasteiger partial charge in [-0.25, -0.2) is 0 Å². The number of anilines is 1. The summed E-state index contributed by atoms with van der Waals surface area (Å²) >= 11 is 0. The van der Waals surface area contributed by atoms with Crippen molar-refractivity contribution in [3.05, 3.63) is 23.8 Å². The molecule has 1 unspecified atom stereocenters. The third-order valence-electron chi connectivity index (χ3n) is 2.79. The Morgan fingerprint density at radius 1 is 1.39 bits per heavy atom. The zero-order chi connectivity index (χ0) is 13.3. The minimum absolute atomic E-state index is 0.123. The Hall–Kier alpha value is -2.04. The third-order valence-corrected chi connectivity index (χ3v) is 2.79. The van der Waals surface area contributed by atoms with Gasteiger partial charge in [0.1, 0.15) is 18.5 Å². The minimum atomic E-state index is -0.449. The Bertz CT molecular complexity index is 499. The number of fused-ring (bicyclic) bond motifs is 1. The second-order valence-electron chi connectivity index (χ2n) is 4.39. The number of hydrogen-bond donors (Lipinski definition) is 1. The molecule has 5 nitrogen and oxygen atoms in total. The molecule has 1 aliphatic rings. The summed E-state index contributed by atoms with van der Waals surface area (Å²) in [6.45, 7) is 5.12. The number of amides is 2. The van der Waals surface area contributed by atoms with Gasteiger partial charge in [0.15, 0.2) is 0 Å². The van der Waals surface area contributed by atoms with Gasteiger partial charge < -0.3 is 10.1 Å². The van der Waals surface area contributed by atoms with Crippen LogP contribution in [0.2, 0.25) is 0 Å². The topological polar surface area (TPSA) is 58.6 Å². The highest BCUT2D eigenvalue weighted by atomic mass is 16.5. The van der Waals surface area contributed by atoms with Gasteiger partial charge in [-0.2, -0.15) is 0 Å². The first-order chi connectivity index (χ1) is 8.49. The summed E-state index contributed by atoms with van der Waals surface area (Å²) in [7, 11) is 0. The lowest BCUT2D eigenvalue weighted by Gasteiger charge is -2.36. The first-order valence-electron chi connectivity index (χ1n) is 5.79. The van der Waals surface area contributed by atoms with Crippen LogP contribution in [-0.4, -0.2) is 24.6 Å². The fourth-order valence-electron chi connectivity index (χ4n) is 2.08. The van der Waals surface area contributed by atoms with E-state index in [2.05, 4.69) is 5.32 Å². The summed E-state index contributed by atoms with van der Waals surface area (Å²) in [5, 5.41) is 2.71. The van der Waals surface area contributed by atoms with Crippen molar-refractivity contribution in [3.8, 4) is 5.75 Å². The van der Waals surface area contributed by atoms with E-state index in [0.717, 1.165) is 5.56 Å². The van der Waals surface area contributed by atoms with Crippen LogP contribution in [0.4, 0.5) is 5.69 Å². The highest BCUT2D eigenvalue weighted by Gasteiger charge is 2.30. The van der Waals surface area contributed by atoms with Gasteiger partial charge in [-0.15, -0.1) is 0 Å². The SMILES string of the molecule is CC(=O)NC1COc2cc(C)ccc2N1C(C)=O. The van der Waals surface area contributed by atoms with E-state index in [1.165, 1.54) is 13.8 Å². The van der Waals surface area contributed by atoms with Crippen LogP contribution in [0.15, 0.2) is 18.2 Å². The molecule has 0 saturated carbocycles. The molecule has 0 aliphatic carbocycles. The average Bonchev–Trinajstić information content (AvgIpc) is 2.27. The predicted molar refractivity (Wildman–Crippen MR) is 67.4 cm³/mol. The molecule has 1 heterocycles. The van der Waals surface area contributed by atoms with Gasteiger partial charge in [0, 0.05) is 13.8 Å². The quantitative estimate of drug-likeness (QED) is 0.812. The summed E-state index contributed by atoms with van der Waals surface area (Å²) in [6.07, 6.45) is -0.449. The van der Waals surface area contributed by atoms with E-state index in [1.54, 1.807) is 4.90 Å². The number of rotatable bonds is 1. The number of hydrogen-bond acceptors (Lipinski definition) is 3. The molecule has 2 rings (SSSR count). The lowest BCUT2D eigenvalue weighted by atomic mass is 10.1. The van der Waals surface area contributed by atoms with Crippen molar-refractivity contribution >= 4 is 17.5 Å². The lowest BCUT2D eigenvalue weighted by molar-refractivity contribution is -0.121. The van der Waals surface area contributed by atoms with E-state index in [9.17, 15) is 9.59 Å². The number of ether oxygens (including phenoxy) is 1. The minimum Gasteiger partial charge on any atom is -0.487 e. The molecule has 1 aromatic carbocycles. The maximum Gasteiger partial charge on any atom is 0.225 e. The van der Waals surface area contributed by atoms with Crippen LogP contribution in [0, 0.1) is 6.92 Å². The first-order valence-corrected chi connectivity index (χ1v) is 5.79. The van der Waals surface area contributed by atoms with Crippen LogP contribution in [0.3, 0.4) is 0 Å². The molecule has 0 spiro atoms. The number of nitrogens with zero attached hydrogens (tertiary/aromatic N) is 1. The smallest absolute Gasteiger partial charge is 0.225 e. The normalized spacial score (nSPS) is 17.7. The molecule has 1 N–H and O–H groups in total. The Labute approximate surface area is 106 Å². The zero-order valence-corrected chi connectivity index (χ0v) is 10.7. The van der Waals surface area contributed by atoms with Gasteiger partial charge >= 0.3 is 0 Å². The van der Waals surface area contributed by atoms with Crippen molar-refractivity contribution < 1.29 is 14.3 Å². The van der Waals surface area contributed by atoms with E-state index in [0.29, 0.717) is 11.4 Å². The molecule has 0 fully saturated rings. The zero-order valence-electron chi connectivity index (χ0n) is 10.7. The lowest BCUT2D eigenvalue weighted by Crippen LogP contribution is -2.55. The van der Waals surface area contributed by atoms with E-state index in [-0.39, 0.29) is 18.4 Å². The number of carbonyl (C=O) groups excluding carboxylic acids is 2. The van der Waals surface area contributed by atoms with Gasteiger partial charge in [0.05, 0.1) is 5.69 Å². The standard InChI is InChI=1S/C13H16N2O3/c1-8-4-5-11-12(6-8)18-7-13(14-9(2)16)15(11)10(3)17/h4-6,13H,7H2,1-3H3,(H,14,16). The Morgan fingerprint density at radius 2 is 2.11 bits per heavy atom. The molecule has 5 heteroatoms. The van der Waals surface area contributed by atoms with Crippen molar-refractivity contribution in [2.45, 2.75) is 26.9 Å². The van der Waals surface area contributed by atoms with Crippen molar-refractivity contribution in [2.75, 3.05) is 11.5 Å². The van der Waals surface area contributed by atoms with E-state index in [4.69, 9.17) is 4.74 Å². The fraction of sp³-hybridized carbons (Fsp3) is 0.385. The molecule has 0 aromatic heterocycles. The van der Waals surface area contributed by atoms with Gasteiger partial charge in [0.2, 0.25) is 11.8 Å². The van der Waals surface area contributed by atoms with Crippen molar-refractivity contribution in [1.29, 1.82) is 0 Å². The van der Waals surface area contributed by atoms with E-state index in [1.807, 2.05) is 25.1 Å². The fourth-order valence-corrected chi connectivity index (χ4v) is 2.08. The van der Waals surface area contributed by atoms with Gasteiger partial charge in [-0.05, 0) is 24.6 Å². The van der Waals surface area contributed by atoms with E-state index >= 15 is 0 Å². The molecular weight excluding hydrogens is 232 g/mol. The summed E-state index contributed by atoms with van der Waals surface area (Å²) in [5.74, 6) is 0.361. The monoisotopic (exact) mass is 248 g/mol. The number of aryl methyl sites for hydroxylation is 1. The molecule has 1 atom stereocenters. The largest absolute Gasteiger partial charge is 0.487 e. The predicted octanol–water partition coefficient (Wildman–Crippen LogP) is 1.20. The summed E-state index contributed by atoms with van der Waals surface area (Å²) in [4.78, 5) is 24.5. The first kappa shape index (κ1) is 12.4. The molecule has 18 heavy (non-hydrogen) atoms. The average molecular weight is 248 g/mol. The van der Waals surface area contributed by atoms with Crippen LogP contribution < -0.4 is 15.0 Å². The van der Waals surface area contributed by atoms with Gasteiger partial charge in [0.25, 0.3) is 0 Å². The van der Waals surface area contributed by atoms with Crippen molar-refractivity contribution in [2.24, 2.45) is 0 Å². The van der Waals surface area contributed by atoms with Crippen LogP contribution in [0.5, 0.6) is 5.75 Å². The maximum absolute atomic E-state index is 11.8. The molecular formula is C13H16N2O3. The molecule has 2 amide bonds. The van der Waals surface area contributed by atoms with Crippen LogP contribution in [0.25, 0.3) is 0 Å². The second-order valence-corrected chi connectivity index (χ2v) is 4.39. The van der Waals surface area contributed by atoms with Crippen LogP contribution in [-0.2, 0) is 9.59 Å². The number of carbonyl (C=O) groups is 2. The molecule has 96 valence electrons. The molecule has 0 radical (unpaired) electrons. The van der Waals surface area contributed by atoms with Gasteiger partial charge in [-0.1, -0.05) is 6.07 Å². The van der Waals surface area contributed by atoms with Gasteiger partial charge in [-0.3, -0.25) is 14.5 Å². The van der Waals surface area contributed by atoms with Crippen molar-refractivity contribution in [1.82, 2.24) is 5.32 Å². The summed E-state index contributed by atoms with van der Waals surface area (Å²) < 4.78 is 5.59. The van der Waals surface area contributed by atoms with Crippen LogP contribution in [0.1, 0.15) is 19.4 Å². The Kier molecular flexibility index (Phi) is 3.23. The maximum atomic E-state index is 11.8. The Balaban J connectivity index is 2.39.